The number of rotatable bonds is 3. The number of β-amino-alcohol motifs (C(OH)–C–C–N with tert-alkyl or cyclic N) is 1. The molecule has 138 valence electrons. The first kappa shape index (κ1) is 17.1. The molecule has 0 bridgehead atoms. The Morgan fingerprint density at radius 3 is 2.88 bits per heavy atom. The Morgan fingerprint density at radius 2 is 2.15 bits per heavy atom. The molecular weight excluding hydrogens is 360 g/mol. The van der Waals surface area contributed by atoms with E-state index in [1.165, 1.54) is 10.4 Å². The van der Waals surface area contributed by atoms with Crippen molar-refractivity contribution in [3.63, 3.8) is 0 Å². The van der Waals surface area contributed by atoms with Gasteiger partial charge in [0.15, 0.2) is 5.82 Å². The summed E-state index contributed by atoms with van der Waals surface area (Å²) in [7, 11) is -3.87. The monoisotopic (exact) mass is 378 g/mol. The van der Waals surface area contributed by atoms with Crippen LogP contribution in [0, 0.1) is 6.92 Å². The summed E-state index contributed by atoms with van der Waals surface area (Å²) in [5.41, 5.74) is 1.40. The van der Waals surface area contributed by atoms with Crippen molar-refractivity contribution in [2.45, 2.75) is 43.2 Å². The zero-order valence-corrected chi connectivity index (χ0v) is 14.9. The van der Waals surface area contributed by atoms with Crippen molar-refractivity contribution in [1.29, 1.82) is 0 Å². The van der Waals surface area contributed by atoms with Gasteiger partial charge in [0.2, 0.25) is 21.8 Å². The number of aliphatic hydroxyl groups excluding tert-OH is 1. The number of aromatic nitrogens is 2. The summed E-state index contributed by atoms with van der Waals surface area (Å²) in [6.45, 7) is 1.61. The van der Waals surface area contributed by atoms with Crippen molar-refractivity contribution in [2.75, 3.05) is 11.9 Å². The predicted molar refractivity (Wildman–Crippen MR) is 89.7 cm³/mol. The third kappa shape index (κ3) is 2.89. The van der Waals surface area contributed by atoms with Crippen LogP contribution < -0.4 is 5.32 Å². The molecule has 1 fully saturated rings. The molecule has 2 atom stereocenters. The van der Waals surface area contributed by atoms with Crippen molar-refractivity contribution < 1.29 is 22.8 Å². The van der Waals surface area contributed by atoms with Gasteiger partial charge in [0.05, 0.1) is 11.0 Å². The molecule has 0 unspecified atom stereocenters. The van der Waals surface area contributed by atoms with Crippen molar-refractivity contribution in [1.82, 2.24) is 14.4 Å². The number of amides is 1. The minimum Gasteiger partial charge on any atom is -0.392 e. The fraction of sp³-hybridized carbons (Fsp3) is 0.438. The first-order valence-electron chi connectivity index (χ1n) is 8.27. The Bertz CT molecular complexity index is 971. The highest BCUT2D eigenvalue weighted by molar-refractivity contribution is 7.89. The van der Waals surface area contributed by atoms with Gasteiger partial charge in [-0.05, 0) is 37.1 Å². The van der Waals surface area contributed by atoms with E-state index in [1.807, 2.05) is 0 Å². The number of carbonyl (C=O) groups excluding carboxylic acids is 1. The van der Waals surface area contributed by atoms with Crippen LogP contribution in [-0.2, 0) is 21.2 Å². The summed E-state index contributed by atoms with van der Waals surface area (Å²) < 4.78 is 32.7. The van der Waals surface area contributed by atoms with Crippen LogP contribution >= 0.6 is 0 Å². The summed E-state index contributed by atoms with van der Waals surface area (Å²) in [5.74, 6) is 0.499. The van der Waals surface area contributed by atoms with Crippen LogP contribution in [0.2, 0.25) is 0 Å². The van der Waals surface area contributed by atoms with Crippen LogP contribution in [0.3, 0.4) is 0 Å². The summed E-state index contributed by atoms with van der Waals surface area (Å²) >= 11 is 0. The van der Waals surface area contributed by atoms with Crippen molar-refractivity contribution >= 4 is 21.6 Å². The molecule has 10 heteroatoms. The van der Waals surface area contributed by atoms with E-state index >= 15 is 0 Å². The lowest BCUT2D eigenvalue weighted by Gasteiger charge is -2.23. The summed E-state index contributed by atoms with van der Waals surface area (Å²) in [6, 6.07) is 3.93. The molecule has 2 N–H and O–H groups in total. The van der Waals surface area contributed by atoms with Crippen LogP contribution in [0.5, 0.6) is 0 Å². The van der Waals surface area contributed by atoms with Gasteiger partial charge in [-0.1, -0.05) is 5.16 Å². The molecule has 0 radical (unpaired) electrons. The Hall–Kier alpha value is -2.30. The van der Waals surface area contributed by atoms with Gasteiger partial charge in [-0.15, -0.1) is 0 Å². The average molecular weight is 378 g/mol. The fourth-order valence-corrected chi connectivity index (χ4v) is 5.06. The van der Waals surface area contributed by atoms with E-state index in [4.69, 9.17) is 4.52 Å². The summed E-state index contributed by atoms with van der Waals surface area (Å²) in [5, 5.41) is 16.5. The quantitative estimate of drug-likeness (QED) is 0.807. The maximum Gasteiger partial charge on any atom is 0.245 e. The molecule has 1 amide bonds. The molecule has 2 aliphatic heterocycles. The largest absolute Gasteiger partial charge is 0.392 e. The highest BCUT2D eigenvalue weighted by Gasteiger charge is 2.43. The first-order chi connectivity index (χ1) is 12.3. The summed E-state index contributed by atoms with van der Waals surface area (Å²) in [4.78, 5) is 15.7. The normalized spacial score (nSPS) is 23.7. The van der Waals surface area contributed by atoms with E-state index in [0.29, 0.717) is 24.4 Å². The standard InChI is InChI=1S/C16H18N4O5S/c1-9-17-16(25-19-9)14-7-11(21)8-20(14)26(23,24)12-3-4-13-10(6-12)2-5-15(22)18-13/h3-4,6,11,14,21H,2,5,7-8H2,1H3,(H,18,22)/t11-,14+/m0/s1. The molecule has 0 spiro atoms. The van der Waals surface area contributed by atoms with E-state index in [2.05, 4.69) is 15.5 Å². The van der Waals surface area contributed by atoms with Crippen molar-refractivity contribution in [3.8, 4) is 0 Å². The van der Waals surface area contributed by atoms with Gasteiger partial charge in [0.1, 0.15) is 6.04 Å². The second kappa shape index (κ2) is 6.15. The maximum atomic E-state index is 13.2. The molecule has 2 aromatic rings. The lowest BCUT2D eigenvalue weighted by Crippen LogP contribution is -2.32. The predicted octanol–water partition coefficient (Wildman–Crippen LogP) is 0.759. The van der Waals surface area contributed by atoms with Crippen molar-refractivity contribution in [2.24, 2.45) is 0 Å². The van der Waals surface area contributed by atoms with Crippen LogP contribution in [0.25, 0.3) is 0 Å². The van der Waals surface area contributed by atoms with Crippen LogP contribution in [-0.4, -0.2) is 46.5 Å². The van der Waals surface area contributed by atoms with Crippen LogP contribution in [0.1, 0.15) is 36.2 Å². The smallest absolute Gasteiger partial charge is 0.245 e. The highest BCUT2D eigenvalue weighted by atomic mass is 32.2. The van der Waals surface area contributed by atoms with E-state index in [9.17, 15) is 18.3 Å². The molecule has 26 heavy (non-hydrogen) atoms. The number of nitrogens with zero attached hydrogens (tertiary/aromatic N) is 3. The number of sulfonamides is 1. The first-order valence-corrected chi connectivity index (χ1v) is 9.71. The van der Waals surface area contributed by atoms with Crippen LogP contribution in [0.15, 0.2) is 27.6 Å². The van der Waals surface area contributed by atoms with Crippen LogP contribution in [0.4, 0.5) is 5.69 Å². The molecule has 2 aliphatic rings. The third-order valence-electron chi connectivity index (χ3n) is 4.64. The zero-order chi connectivity index (χ0) is 18.5. The van der Waals surface area contributed by atoms with Gasteiger partial charge >= 0.3 is 0 Å². The number of aliphatic hydroxyl groups is 1. The van der Waals surface area contributed by atoms with E-state index in [-0.39, 0.29) is 29.7 Å². The number of nitrogens with one attached hydrogen (secondary N) is 1. The third-order valence-corrected chi connectivity index (χ3v) is 6.51. The number of hydrogen-bond donors (Lipinski definition) is 2. The van der Waals surface area contributed by atoms with E-state index < -0.39 is 22.2 Å². The van der Waals surface area contributed by atoms with Gasteiger partial charge in [-0.3, -0.25) is 4.79 Å². The molecule has 4 rings (SSSR count). The Balaban J connectivity index is 1.70. The molecule has 1 aromatic carbocycles. The molecule has 3 heterocycles. The average Bonchev–Trinajstić information content (AvgIpc) is 3.20. The molecule has 9 nitrogen and oxygen atoms in total. The Labute approximate surface area is 150 Å². The topological polar surface area (TPSA) is 126 Å². The second-order valence-electron chi connectivity index (χ2n) is 6.53. The highest BCUT2D eigenvalue weighted by Crippen LogP contribution is 2.37. The lowest BCUT2D eigenvalue weighted by molar-refractivity contribution is -0.116. The summed E-state index contributed by atoms with van der Waals surface area (Å²) in [6.07, 6.45) is 0.198. The molecule has 1 aromatic heterocycles. The zero-order valence-electron chi connectivity index (χ0n) is 14.0. The second-order valence-corrected chi connectivity index (χ2v) is 8.42. The minimum absolute atomic E-state index is 0.0394. The fourth-order valence-electron chi connectivity index (χ4n) is 3.38. The number of aryl methyl sites for hydroxylation is 2. The van der Waals surface area contributed by atoms with Crippen molar-refractivity contribution in [3.05, 3.63) is 35.5 Å². The number of hydrogen-bond acceptors (Lipinski definition) is 7. The Morgan fingerprint density at radius 1 is 1.35 bits per heavy atom. The molecule has 0 aliphatic carbocycles. The van der Waals surface area contributed by atoms with Gasteiger partial charge in [-0.25, -0.2) is 8.42 Å². The van der Waals surface area contributed by atoms with Gasteiger partial charge in [-0.2, -0.15) is 9.29 Å². The molecular formula is C16H18N4O5S. The SMILES string of the molecule is Cc1noc([C@H]2C[C@H](O)CN2S(=O)(=O)c2ccc3c(c2)CCC(=O)N3)n1. The van der Waals surface area contributed by atoms with Gasteiger partial charge in [0, 0.05) is 25.1 Å². The molecule has 1 saturated heterocycles. The van der Waals surface area contributed by atoms with Gasteiger partial charge in [0.25, 0.3) is 0 Å². The maximum absolute atomic E-state index is 13.2. The van der Waals surface area contributed by atoms with E-state index in [1.54, 1.807) is 19.1 Å². The lowest BCUT2D eigenvalue weighted by atomic mass is 10.0. The number of anilines is 1. The molecule has 0 saturated carbocycles. The van der Waals surface area contributed by atoms with Gasteiger partial charge < -0.3 is 14.9 Å². The number of benzene rings is 1. The van der Waals surface area contributed by atoms with E-state index in [0.717, 1.165) is 5.56 Å². The number of fused-ring (bicyclic) bond motifs is 1. The number of carbonyl (C=O) groups is 1. The minimum atomic E-state index is -3.87. The Kier molecular flexibility index (Phi) is 4.05.